The van der Waals surface area contributed by atoms with Gasteiger partial charge in [-0.05, 0) is 31.5 Å². The predicted molar refractivity (Wildman–Crippen MR) is 87.4 cm³/mol. The number of nitrogens with zero attached hydrogens (tertiary/aromatic N) is 4. The predicted octanol–water partition coefficient (Wildman–Crippen LogP) is 2.00. The number of hydrogen-bond acceptors (Lipinski definition) is 4. The molecule has 124 valence electrons. The topological polar surface area (TPSA) is 72.3 Å². The first-order valence-electron chi connectivity index (χ1n) is 7.50. The summed E-state index contributed by atoms with van der Waals surface area (Å²) in [5, 5.41) is 7.00. The first-order valence-corrected chi connectivity index (χ1v) is 7.50. The minimum absolute atomic E-state index is 0.0307. The molecular weight excluding hydrogens is 294 g/mol. The van der Waals surface area contributed by atoms with Crippen molar-refractivity contribution in [2.75, 3.05) is 20.8 Å². The van der Waals surface area contributed by atoms with Gasteiger partial charge in [0.2, 0.25) is 0 Å². The van der Waals surface area contributed by atoms with Crippen molar-refractivity contribution in [1.82, 2.24) is 25.0 Å². The third-order valence-electron chi connectivity index (χ3n) is 3.75. The lowest BCUT2D eigenvalue weighted by Crippen LogP contribution is -2.44. The molecule has 2 aromatic rings. The normalized spacial score (nSPS) is 13.4. The van der Waals surface area contributed by atoms with Gasteiger partial charge in [-0.3, -0.25) is 0 Å². The number of urea groups is 1. The maximum Gasteiger partial charge on any atom is 0.317 e. The molecule has 2 unspecified atom stereocenters. The summed E-state index contributed by atoms with van der Waals surface area (Å²) >= 11 is 0. The van der Waals surface area contributed by atoms with Crippen molar-refractivity contribution in [3.63, 3.8) is 0 Å². The lowest BCUT2D eigenvalue weighted by Gasteiger charge is -2.27. The Morgan fingerprint density at radius 1 is 1.35 bits per heavy atom. The van der Waals surface area contributed by atoms with Crippen LogP contribution in [0.4, 0.5) is 4.79 Å². The van der Waals surface area contributed by atoms with Crippen LogP contribution in [0.2, 0.25) is 0 Å². The highest BCUT2D eigenvalue weighted by Gasteiger charge is 2.18. The minimum atomic E-state index is -0.123. The van der Waals surface area contributed by atoms with Gasteiger partial charge in [0.1, 0.15) is 12.7 Å². The van der Waals surface area contributed by atoms with Crippen LogP contribution in [0.5, 0.6) is 0 Å². The van der Waals surface area contributed by atoms with Crippen LogP contribution < -0.4 is 5.32 Å². The average molecular weight is 317 g/mol. The number of benzene rings is 1. The molecular formula is C16H23N5O2. The van der Waals surface area contributed by atoms with E-state index in [4.69, 9.17) is 4.74 Å². The van der Waals surface area contributed by atoms with E-state index in [0.29, 0.717) is 6.61 Å². The second-order valence-electron chi connectivity index (χ2n) is 5.52. The van der Waals surface area contributed by atoms with E-state index in [0.717, 1.165) is 11.3 Å². The van der Waals surface area contributed by atoms with Gasteiger partial charge < -0.3 is 15.0 Å². The van der Waals surface area contributed by atoms with E-state index in [1.807, 2.05) is 38.1 Å². The summed E-state index contributed by atoms with van der Waals surface area (Å²) in [6, 6.07) is 7.70. The van der Waals surface area contributed by atoms with E-state index in [9.17, 15) is 4.79 Å². The van der Waals surface area contributed by atoms with Gasteiger partial charge >= 0.3 is 6.03 Å². The zero-order valence-electron chi connectivity index (χ0n) is 13.9. The number of nitrogens with one attached hydrogen (secondary N) is 1. The highest BCUT2D eigenvalue weighted by molar-refractivity contribution is 5.74. The molecule has 2 atom stereocenters. The molecule has 0 spiro atoms. The molecule has 0 saturated heterocycles. The van der Waals surface area contributed by atoms with Gasteiger partial charge in [0.25, 0.3) is 0 Å². The largest absolute Gasteiger partial charge is 0.383 e. The molecule has 0 saturated carbocycles. The number of methoxy groups -OCH3 is 1. The van der Waals surface area contributed by atoms with Crippen LogP contribution in [0.1, 0.15) is 25.5 Å². The summed E-state index contributed by atoms with van der Waals surface area (Å²) in [6.07, 6.45) is 3.14. The molecule has 0 fully saturated rings. The fourth-order valence-electron chi connectivity index (χ4n) is 2.25. The standard InChI is InChI=1S/C16H23N5O2/c1-12(9-23-4)19-16(22)20(3)13(2)14-5-7-15(8-6-14)21-11-17-10-18-21/h5-8,10-13H,9H2,1-4H3,(H,19,22). The molecule has 0 bridgehead atoms. The number of amides is 2. The lowest BCUT2D eigenvalue weighted by molar-refractivity contribution is 0.158. The van der Waals surface area contributed by atoms with E-state index in [2.05, 4.69) is 15.4 Å². The molecule has 23 heavy (non-hydrogen) atoms. The Morgan fingerprint density at radius 3 is 2.61 bits per heavy atom. The number of ether oxygens (including phenoxy) is 1. The maximum absolute atomic E-state index is 12.2. The summed E-state index contributed by atoms with van der Waals surface area (Å²) in [7, 11) is 3.40. The number of carbonyl (C=O) groups excluding carboxylic acids is 1. The fourth-order valence-corrected chi connectivity index (χ4v) is 2.25. The highest BCUT2D eigenvalue weighted by Crippen LogP contribution is 2.20. The fraction of sp³-hybridized carbons (Fsp3) is 0.438. The highest BCUT2D eigenvalue weighted by atomic mass is 16.5. The van der Waals surface area contributed by atoms with Crippen molar-refractivity contribution in [3.8, 4) is 5.69 Å². The van der Waals surface area contributed by atoms with Crippen LogP contribution in [-0.4, -0.2) is 52.5 Å². The van der Waals surface area contributed by atoms with Gasteiger partial charge in [-0.2, -0.15) is 5.10 Å². The SMILES string of the molecule is COCC(C)NC(=O)N(C)C(C)c1ccc(-n2cncn2)cc1. The monoisotopic (exact) mass is 317 g/mol. The quantitative estimate of drug-likeness (QED) is 0.884. The zero-order chi connectivity index (χ0) is 16.8. The molecule has 1 heterocycles. The first kappa shape index (κ1) is 17.0. The average Bonchev–Trinajstić information content (AvgIpc) is 3.08. The van der Waals surface area contributed by atoms with Gasteiger partial charge in [-0.15, -0.1) is 0 Å². The maximum atomic E-state index is 12.2. The van der Waals surface area contributed by atoms with Crippen LogP contribution in [-0.2, 0) is 4.74 Å². The minimum Gasteiger partial charge on any atom is -0.383 e. The summed E-state index contributed by atoms with van der Waals surface area (Å²) in [5.41, 5.74) is 1.98. The van der Waals surface area contributed by atoms with Crippen molar-refractivity contribution in [2.24, 2.45) is 0 Å². The van der Waals surface area contributed by atoms with Crippen LogP contribution in [0.15, 0.2) is 36.9 Å². The third-order valence-corrected chi connectivity index (χ3v) is 3.75. The Balaban J connectivity index is 2.01. The van der Waals surface area contributed by atoms with Crippen molar-refractivity contribution in [3.05, 3.63) is 42.5 Å². The van der Waals surface area contributed by atoms with E-state index >= 15 is 0 Å². The first-order chi connectivity index (χ1) is 11.0. The molecule has 0 aliphatic rings. The Kier molecular flexibility index (Phi) is 5.70. The second kappa shape index (κ2) is 7.73. The van der Waals surface area contributed by atoms with Crippen molar-refractivity contribution in [2.45, 2.75) is 25.9 Å². The van der Waals surface area contributed by atoms with Crippen molar-refractivity contribution < 1.29 is 9.53 Å². The summed E-state index contributed by atoms with van der Waals surface area (Å²) in [4.78, 5) is 17.8. The molecule has 7 heteroatoms. The molecule has 1 aromatic heterocycles. The smallest absolute Gasteiger partial charge is 0.317 e. The summed E-state index contributed by atoms with van der Waals surface area (Å²) < 4.78 is 6.72. The Hall–Kier alpha value is -2.41. The van der Waals surface area contributed by atoms with Crippen LogP contribution in [0, 0.1) is 0 Å². The van der Waals surface area contributed by atoms with Crippen LogP contribution in [0.3, 0.4) is 0 Å². The van der Waals surface area contributed by atoms with E-state index < -0.39 is 0 Å². The second-order valence-corrected chi connectivity index (χ2v) is 5.52. The molecule has 0 radical (unpaired) electrons. The van der Waals surface area contributed by atoms with Crippen molar-refractivity contribution >= 4 is 6.03 Å². The van der Waals surface area contributed by atoms with E-state index in [-0.39, 0.29) is 18.1 Å². The van der Waals surface area contributed by atoms with Gasteiger partial charge in [0.15, 0.2) is 0 Å². The van der Waals surface area contributed by atoms with E-state index in [1.165, 1.54) is 6.33 Å². The Labute approximate surface area is 136 Å². The number of aromatic nitrogens is 3. The molecule has 2 rings (SSSR count). The summed E-state index contributed by atoms with van der Waals surface area (Å²) in [6.45, 7) is 4.39. The van der Waals surface area contributed by atoms with Gasteiger partial charge in [-0.1, -0.05) is 12.1 Å². The Bertz CT molecular complexity index is 612. The zero-order valence-corrected chi connectivity index (χ0v) is 13.9. The number of carbonyl (C=O) groups is 1. The van der Waals surface area contributed by atoms with Gasteiger partial charge in [-0.25, -0.2) is 14.5 Å². The molecule has 7 nitrogen and oxygen atoms in total. The molecule has 0 aliphatic carbocycles. The van der Waals surface area contributed by atoms with E-state index in [1.54, 1.807) is 30.1 Å². The van der Waals surface area contributed by atoms with Gasteiger partial charge in [0.05, 0.1) is 24.4 Å². The van der Waals surface area contributed by atoms with Gasteiger partial charge in [0, 0.05) is 14.2 Å². The molecule has 1 aromatic carbocycles. The Morgan fingerprint density at radius 2 is 2.04 bits per heavy atom. The molecule has 2 amide bonds. The number of rotatable bonds is 6. The third kappa shape index (κ3) is 4.29. The van der Waals surface area contributed by atoms with Crippen LogP contribution in [0.25, 0.3) is 5.69 Å². The van der Waals surface area contributed by atoms with Crippen molar-refractivity contribution in [1.29, 1.82) is 0 Å². The lowest BCUT2D eigenvalue weighted by atomic mass is 10.1. The molecule has 0 aliphatic heterocycles. The molecule has 1 N–H and O–H groups in total. The number of hydrogen-bond donors (Lipinski definition) is 1. The van der Waals surface area contributed by atoms with Crippen LogP contribution >= 0.6 is 0 Å². The summed E-state index contributed by atoms with van der Waals surface area (Å²) in [5.74, 6) is 0.